The Bertz CT molecular complexity index is 398. The third-order valence-corrected chi connectivity index (χ3v) is 3.67. The molecule has 2 aliphatic rings. The summed E-state index contributed by atoms with van der Waals surface area (Å²) in [4.78, 5) is 48.7. The molecule has 6 heteroatoms. The predicted octanol–water partition coefficient (Wildman–Crippen LogP) is -0.224. The lowest BCUT2D eigenvalue weighted by Gasteiger charge is -2.45. The summed E-state index contributed by atoms with van der Waals surface area (Å²) in [5.41, 5.74) is -1.91. The molecule has 0 atom stereocenters. The highest BCUT2D eigenvalue weighted by Gasteiger charge is 2.56. The van der Waals surface area contributed by atoms with Crippen LogP contribution >= 0.6 is 0 Å². The van der Waals surface area contributed by atoms with Gasteiger partial charge in [-0.15, -0.1) is 0 Å². The van der Waals surface area contributed by atoms with E-state index >= 15 is 0 Å². The molecule has 0 unspecified atom stereocenters. The van der Waals surface area contributed by atoms with Gasteiger partial charge >= 0.3 is 0 Å². The van der Waals surface area contributed by atoms with Gasteiger partial charge in [0.15, 0.2) is 0 Å². The topological polar surface area (TPSA) is 74.8 Å². The molecule has 2 rings (SSSR count). The fourth-order valence-corrected chi connectivity index (χ4v) is 2.22. The third kappa shape index (κ3) is 1.34. The number of rotatable bonds is 3. The van der Waals surface area contributed by atoms with Crippen LogP contribution in [0.1, 0.15) is 27.7 Å². The van der Waals surface area contributed by atoms with Gasteiger partial charge in [-0.2, -0.15) is 0 Å². The zero-order chi connectivity index (χ0) is 13.9. The molecule has 4 amide bonds. The Kier molecular flexibility index (Phi) is 2.40. The summed E-state index contributed by atoms with van der Waals surface area (Å²) in [6.07, 6.45) is 0. The molecule has 6 nitrogen and oxygen atoms in total. The third-order valence-electron chi connectivity index (χ3n) is 3.67. The van der Waals surface area contributed by atoms with Gasteiger partial charge < -0.3 is 0 Å². The average molecular weight is 252 g/mol. The summed E-state index contributed by atoms with van der Waals surface area (Å²) in [6.45, 7) is 6.45. The molecule has 0 bridgehead atoms. The lowest BCUT2D eigenvalue weighted by molar-refractivity contribution is -0.180. The van der Waals surface area contributed by atoms with Crippen molar-refractivity contribution in [1.29, 1.82) is 0 Å². The van der Waals surface area contributed by atoms with Gasteiger partial charge in [-0.1, -0.05) is 0 Å². The molecule has 0 N–H and O–H groups in total. The molecule has 0 saturated carbocycles. The van der Waals surface area contributed by atoms with Crippen molar-refractivity contribution in [3.05, 3.63) is 0 Å². The van der Waals surface area contributed by atoms with Crippen molar-refractivity contribution in [3.8, 4) is 0 Å². The molecule has 0 aliphatic carbocycles. The molecular formula is C12H16N2O4. The number of imide groups is 2. The van der Waals surface area contributed by atoms with Crippen LogP contribution in [0.25, 0.3) is 0 Å². The van der Waals surface area contributed by atoms with E-state index in [9.17, 15) is 19.2 Å². The van der Waals surface area contributed by atoms with Crippen molar-refractivity contribution in [1.82, 2.24) is 9.80 Å². The summed E-state index contributed by atoms with van der Waals surface area (Å²) in [6, 6.07) is 0. The van der Waals surface area contributed by atoms with E-state index in [0.29, 0.717) is 0 Å². The number of hydrogen-bond acceptors (Lipinski definition) is 4. The van der Waals surface area contributed by atoms with Crippen LogP contribution in [0.15, 0.2) is 0 Å². The molecule has 18 heavy (non-hydrogen) atoms. The zero-order valence-corrected chi connectivity index (χ0v) is 10.9. The van der Waals surface area contributed by atoms with Crippen LogP contribution in [-0.4, -0.2) is 46.5 Å². The zero-order valence-electron chi connectivity index (χ0n) is 10.9. The fourth-order valence-electron chi connectivity index (χ4n) is 2.22. The summed E-state index contributed by atoms with van der Waals surface area (Å²) in [7, 11) is 0. The fraction of sp³-hybridized carbons (Fsp3) is 0.667. The highest BCUT2D eigenvalue weighted by Crippen LogP contribution is 2.34. The molecule has 98 valence electrons. The molecule has 0 spiro atoms. The Morgan fingerprint density at radius 3 is 1.11 bits per heavy atom. The standard InChI is InChI=1S/C12H16N2O4/c1-11(2)7(15)13(8(11)16)5-6-14-9(17)12(3,4)10(14)18/h5-6H2,1-4H3. The first-order valence-electron chi connectivity index (χ1n) is 5.84. The summed E-state index contributed by atoms with van der Waals surface area (Å²) in [5, 5.41) is 0. The van der Waals surface area contributed by atoms with E-state index in [1.165, 1.54) is 0 Å². The van der Waals surface area contributed by atoms with Crippen LogP contribution in [-0.2, 0) is 19.2 Å². The van der Waals surface area contributed by atoms with E-state index < -0.39 is 10.8 Å². The molecule has 0 radical (unpaired) electrons. The Morgan fingerprint density at radius 2 is 0.889 bits per heavy atom. The van der Waals surface area contributed by atoms with Crippen LogP contribution in [0.3, 0.4) is 0 Å². The van der Waals surface area contributed by atoms with E-state index in [1.54, 1.807) is 27.7 Å². The van der Waals surface area contributed by atoms with Crippen molar-refractivity contribution in [2.24, 2.45) is 10.8 Å². The Morgan fingerprint density at radius 1 is 0.667 bits per heavy atom. The quantitative estimate of drug-likeness (QED) is 0.514. The van der Waals surface area contributed by atoms with Crippen LogP contribution in [0.4, 0.5) is 0 Å². The second-order valence-electron chi connectivity index (χ2n) is 5.77. The maximum absolute atomic E-state index is 11.6. The van der Waals surface area contributed by atoms with E-state index in [2.05, 4.69) is 0 Å². The van der Waals surface area contributed by atoms with E-state index in [-0.39, 0.29) is 36.7 Å². The Balaban J connectivity index is 1.93. The number of hydrogen-bond donors (Lipinski definition) is 0. The first kappa shape index (κ1) is 12.7. The molecule has 2 fully saturated rings. The summed E-state index contributed by atoms with van der Waals surface area (Å²) < 4.78 is 0. The van der Waals surface area contributed by atoms with Crippen LogP contribution in [0.5, 0.6) is 0 Å². The number of amides is 4. The molecule has 0 aromatic rings. The van der Waals surface area contributed by atoms with E-state index in [0.717, 1.165) is 9.80 Å². The largest absolute Gasteiger partial charge is 0.279 e. The molecule has 2 saturated heterocycles. The lowest BCUT2D eigenvalue weighted by atomic mass is 9.80. The van der Waals surface area contributed by atoms with Crippen LogP contribution in [0.2, 0.25) is 0 Å². The van der Waals surface area contributed by atoms with Crippen LogP contribution < -0.4 is 0 Å². The number of β-lactam (4-membered cyclic amide) rings is 4. The van der Waals surface area contributed by atoms with Gasteiger partial charge in [0.1, 0.15) is 10.8 Å². The van der Waals surface area contributed by atoms with Gasteiger partial charge in [0.2, 0.25) is 23.6 Å². The van der Waals surface area contributed by atoms with Gasteiger partial charge in [-0.25, -0.2) is 0 Å². The maximum atomic E-state index is 11.6. The summed E-state index contributed by atoms with van der Waals surface area (Å²) in [5.74, 6) is -1.03. The molecule has 2 aliphatic heterocycles. The number of carbonyl (C=O) groups is 4. The van der Waals surface area contributed by atoms with Crippen molar-refractivity contribution < 1.29 is 19.2 Å². The van der Waals surface area contributed by atoms with Gasteiger partial charge in [-0.3, -0.25) is 29.0 Å². The lowest BCUT2D eigenvalue weighted by Crippen LogP contribution is -2.68. The first-order chi connectivity index (χ1) is 8.11. The van der Waals surface area contributed by atoms with Gasteiger partial charge in [0, 0.05) is 13.1 Å². The van der Waals surface area contributed by atoms with E-state index in [4.69, 9.17) is 0 Å². The molecule has 0 aromatic carbocycles. The summed E-state index contributed by atoms with van der Waals surface area (Å²) >= 11 is 0. The molecule has 2 heterocycles. The number of likely N-dealkylation sites (tertiary alicyclic amines) is 2. The van der Waals surface area contributed by atoms with Crippen molar-refractivity contribution >= 4 is 23.6 Å². The van der Waals surface area contributed by atoms with Gasteiger partial charge in [-0.05, 0) is 27.7 Å². The highest BCUT2D eigenvalue weighted by atomic mass is 16.2. The Labute approximate surface area is 105 Å². The van der Waals surface area contributed by atoms with Crippen molar-refractivity contribution in [3.63, 3.8) is 0 Å². The van der Waals surface area contributed by atoms with Crippen molar-refractivity contribution in [2.45, 2.75) is 27.7 Å². The van der Waals surface area contributed by atoms with Crippen molar-refractivity contribution in [2.75, 3.05) is 13.1 Å². The Hall–Kier alpha value is -1.72. The number of nitrogens with zero attached hydrogens (tertiary/aromatic N) is 2. The average Bonchev–Trinajstić information content (AvgIpc) is 2.32. The number of carbonyl (C=O) groups excluding carboxylic acids is 4. The van der Waals surface area contributed by atoms with Crippen LogP contribution in [0, 0.1) is 10.8 Å². The minimum atomic E-state index is -0.956. The second-order valence-corrected chi connectivity index (χ2v) is 5.77. The normalized spacial score (nSPS) is 25.1. The van der Waals surface area contributed by atoms with E-state index in [1.807, 2.05) is 0 Å². The highest BCUT2D eigenvalue weighted by molar-refractivity contribution is 6.22. The minimum absolute atomic E-state index is 0.0919. The molecular weight excluding hydrogens is 236 g/mol. The smallest absolute Gasteiger partial charge is 0.244 e. The molecule has 0 aromatic heterocycles. The first-order valence-corrected chi connectivity index (χ1v) is 5.84. The SMILES string of the molecule is CC1(C)C(=O)N(CCN2C(=O)C(C)(C)C2=O)C1=O. The maximum Gasteiger partial charge on any atom is 0.244 e. The minimum Gasteiger partial charge on any atom is -0.279 e. The van der Waals surface area contributed by atoms with Gasteiger partial charge in [0.05, 0.1) is 0 Å². The predicted molar refractivity (Wildman–Crippen MR) is 61.0 cm³/mol. The van der Waals surface area contributed by atoms with Gasteiger partial charge in [0.25, 0.3) is 0 Å². The monoisotopic (exact) mass is 252 g/mol. The second kappa shape index (κ2) is 3.40.